The monoisotopic (exact) mass is 223 g/mol. The Balaban J connectivity index is 1.78. The van der Waals surface area contributed by atoms with E-state index < -0.39 is 0 Å². The highest BCUT2D eigenvalue weighted by Crippen LogP contribution is 2.15. The fourth-order valence-electron chi connectivity index (χ4n) is 2.13. The van der Waals surface area contributed by atoms with Gasteiger partial charge < -0.3 is 4.90 Å². The third-order valence-corrected chi connectivity index (χ3v) is 3.36. The van der Waals surface area contributed by atoms with E-state index in [1.165, 1.54) is 24.9 Å². The summed E-state index contributed by atoms with van der Waals surface area (Å²) < 4.78 is 0. The summed E-state index contributed by atoms with van der Waals surface area (Å²) in [6.45, 7) is 3.43. The largest absolute Gasteiger partial charge is 0.302 e. The highest BCUT2D eigenvalue weighted by molar-refractivity contribution is 6.20. The lowest BCUT2D eigenvalue weighted by atomic mass is 10.1. The molecule has 2 heteroatoms. The van der Waals surface area contributed by atoms with Crippen molar-refractivity contribution >= 4 is 11.6 Å². The Hall–Kier alpha value is -0.530. The van der Waals surface area contributed by atoms with E-state index in [4.69, 9.17) is 11.6 Å². The maximum absolute atomic E-state index is 6.15. The lowest BCUT2D eigenvalue weighted by Crippen LogP contribution is -2.37. The second-order valence-corrected chi connectivity index (χ2v) is 4.89. The number of likely N-dealkylation sites (tertiary alicyclic amines) is 1. The van der Waals surface area contributed by atoms with Crippen LogP contribution in [0.2, 0.25) is 0 Å². The van der Waals surface area contributed by atoms with Gasteiger partial charge >= 0.3 is 0 Å². The molecule has 0 spiro atoms. The first-order valence-electron chi connectivity index (χ1n) is 5.75. The Morgan fingerprint density at radius 1 is 1.27 bits per heavy atom. The van der Waals surface area contributed by atoms with Gasteiger partial charge in [-0.15, -0.1) is 11.6 Å². The first-order chi connectivity index (χ1) is 7.34. The molecule has 1 unspecified atom stereocenters. The van der Waals surface area contributed by atoms with Crippen LogP contribution < -0.4 is 0 Å². The van der Waals surface area contributed by atoms with Gasteiger partial charge in [0.05, 0.1) is 0 Å². The van der Waals surface area contributed by atoms with Gasteiger partial charge in [0, 0.05) is 18.5 Å². The summed E-state index contributed by atoms with van der Waals surface area (Å²) >= 11 is 6.15. The van der Waals surface area contributed by atoms with Crippen LogP contribution >= 0.6 is 11.6 Å². The lowest BCUT2D eigenvalue weighted by Gasteiger charge is -2.29. The van der Waals surface area contributed by atoms with Crippen LogP contribution in [0.25, 0.3) is 0 Å². The second-order valence-electron chi connectivity index (χ2n) is 4.28. The average Bonchev–Trinajstić information content (AvgIpc) is 2.28. The summed E-state index contributed by atoms with van der Waals surface area (Å²) in [6, 6.07) is 10.7. The minimum atomic E-state index is 0.370. The molecule has 1 atom stereocenters. The van der Waals surface area contributed by atoms with Gasteiger partial charge in [-0.1, -0.05) is 30.3 Å². The molecule has 15 heavy (non-hydrogen) atoms. The Bertz CT molecular complexity index is 286. The third kappa shape index (κ3) is 3.51. The van der Waals surface area contributed by atoms with Gasteiger partial charge in [-0.3, -0.25) is 0 Å². The lowest BCUT2D eigenvalue weighted by molar-refractivity contribution is 0.235. The number of hydrogen-bond acceptors (Lipinski definition) is 1. The van der Waals surface area contributed by atoms with Crippen molar-refractivity contribution in [3.05, 3.63) is 35.9 Å². The molecule has 2 rings (SSSR count). The SMILES string of the molecule is ClC1CCCN(CCc2ccccc2)C1. The molecule has 0 N–H and O–H groups in total. The topological polar surface area (TPSA) is 3.24 Å². The van der Waals surface area contributed by atoms with Gasteiger partial charge in [0.25, 0.3) is 0 Å². The number of rotatable bonds is 3. The summed E-state index contributed by atoms with van der Waals surface area (Å²) in [6.07, 6.45) is 3.58. The van der Waals surface area contributed by atoms with E-state index in [9.17, 15) is 0 Å². The van der Waals surface area contributed by atoms with E-state index in [0.717, 1.165) is 19.5 Å². The molecule has 0 amide bonds. The first kappa shape index (κ1) is 11.0. The van der Waals surface area contributed by atoms with Crippen molar-refractivity contribution in [1.82, 2.24) is 4.90 Å². The van der Waals surface area contributed by atoms with E-state index in [0.29, 0.717) is 5.38 Å². The number of halogens is 1. The van der Waals surface area contributed by atoms with E-state index >= 15 is 0 Å². The summed E-state index contributed by atoms with van der Waals surface area (Å²) in [5.41, 5.74) is 1.43. The van der Waals surface area contributed by atoms with Crippen LogP contribution in [0.4, 0.5) is 0 Å². The number of benzene rings is 1. The first-order valence-corrected chi connectivity index (χ1v) is 6.18. The molecule has 82 valence electrons. The predicted molar refractivity (Wildman–Crippen MR) is 65.5 cm³/mol. The van der Waals surface area contributed by atoms with E-state index in [1.807, 2.05) is 0 Å². The fourth-order valence-corrected chi connectivity index (χ4v) is 2.48. The Kier molecular flexibility index (Phi) is 4.04. The minimum Gasteiger partial charge on any atom is -0.302 e. The van der Waals surface area contributed by atoms with Crippen molar-refractivity contribution in [2.75, 3.05) is 19.6 Å². The van der Waals surface area contributed by atoms with Gasteiger partial charge in [-0.2, -0.15) is 0 Å². The van der Waals surface area contributed by atoms with Crippen LogP contribution in [-0.2, 0) is 6.42 Å². The van der Waals surface area contributed by atoms with Crippen molar-refractivity contribution in [2.45, 2.75) is 24.6 Å². The zero-order chi connectivity index (χ0) is 10.5. The van der Waals surface area contributed by atoms with E-state index in [2.05, 4.69) is 35.2 Å². The van der Waals surface area contributed by atoms with Crippen molar-refractivity contribution in [3.63, 3.8) is 0 Å². The highest BCUT2D eigenvalue weighted by atomic mass is 35.5. The van der Waals surface area contributed by atoms with E-state index in [-0.39, 0.29) is 0 Å². The maximum Gasteiger partial charge on any atom is 0.0463 e. The molecular formula is C13H18ClN. The normalized spacial score (nSPS) is 22.9. The third-order valence-electron chi connectivity index (χ3n) is 3.01. The standard InChI is InChI=1S/C13H18ClN/c14-13-7-4-9-15(11-13)10-8-12-5-2-1-3-6-12/h1-3,5-6,13H,4,7-11H2. The van der Waals surface area contributed by atoms with Crippen LogP contribution in [0.3, 0.4) is 0 Å². The zero-order valence-corrected chi connectivity index (χ0v) is 9.79. The Morgan fingerprint density at radius 2 is 2.07 bits per heavy atom. The molecule has 1 aromatic carbocycles. The molecule has 1 fully saturated rings. The van der Waals surface area contributed by atoms with Gasteiger partial charge in [0.2, 0.25) is 0 Å². The molecule has 0 saturated carbocycles. The molecule has 1 aromatic rings. The molecule has 0 bridgehead atoms. The molecular weight excluding hydrogens is 206 g/mol. The summed E-state index contributed by atoms with van der Waals surface area (Å²) in [5, 5.41) is 0.370. The minimum absolute atomic E-state index is 0.370. The average molecular weight is 224 g/mol. The fraction of sp³-hybridized carbons (Fsp3) is 0.538. The van der Waals surface area contributed by atoms with Crippen molar-refractivity contribution < 1.29 is 0 Å². The molecule has 1 nitrogen and oxygen atoms in total. The highest BCUT2D eigenvalue weighted by Gasteiger charge is 2.16. The Labute approximate surface area is 97.0 Å². The molecule has 1 aliphatic heterocycles. The number of hydrogen-bond donors (Lipinski definition) is 0. The Morgan fingerprint density at radius 3 is 2.80 bits per heavy atom. The van der Waals surface area contributed by atoms with Crippen LogP contribution in [0.15, 0.2) is 30.3 Å². The van der Waals surface area contributed by atoms with E-state index in [1.54, 1.807) is 0 Å². The maximum atomic E-state index is 6.15. The quantitative estimate of drug-likeness (QED) is 0.713. The predicted octanol–water partition coefficient (Wildman–Crippen LogP) is 2.93. The molecule has 0 aliphatic carbocycles. The van der Waals surface area contributed by atoms with Crippen molar-refractivity contribution in [1.29, 1.82) is 0 Å². The van der Waals surface area contributed by atoms with Gasteiger partial charge in [-0.25, -0.2) is 0 Å². The summed E-state index contributed by atoms with van der Waals surface area (Å²) in [4.78, 5) is 2.48. The molecule has 0 aromatic heterocycles. The molecule has 1 saturated heterocycles. The number of nitrogens with zero attached hydrogens (tertiary/aromatic N) is 1. The van der Waals surface area contributed by atoms with Gasteiger partial charge in [0.1, 0.15) is 0 Å². The van der Waals surface area contributed by atoms with Gasteiger partial charge in [0.15, 0.2) is 0 Å². The van der Waals surface area contributed by atoms with Gasteiger partial charge in [-0.05, 0) is 31.4 Å². The zero-order valence-electron chi connectivity index (χ0n) is 9.03. The van der Waals surface area contributed by atoms with Crippen LogP contribution in [0.1, 0.15) is 18.4 Å². The second kappa shape index (κ2) is 5.53. The van der Waals surface area contributed by atoms with Crippen LogP contribution in [-0.4, -0.2) is 29.9 Å². The molecule has 1 aliphatic rings. The van der Waals surface area contributed by atoms with Crippen LogP contribution in [0, 0.1) is 0 Å². The number of alkyl halides is 1. The molecule has 1 heterocycles. The summed E-state index contributed by atoms with van der Waals surface area (Å²) in [5.74, 6) is 0. The van der Waals surface area contributed by atoms with Crippen molar-refractivity contribution in [3.8, 4) is 0 Å². The summed E-state index contributed by atoms with van der Waals surface area (Å²) in [7, 11) is 0. The van der Waals surface area contributed by atoms with Crippen LogP contribution in [0.5, 0.6) is 0 Å². The van der Waals surface area contributed by atoms with Crippen molar-refractivity contribution in [2.24, 2.45) is 0 Å². The number of piperidine rings is 1. The smallest absolute Gasteiger partial charge is 0.0463 e. The molecule has 0 radical (unpaired) electrons.